The second kappa shape index (κ2) is 9.71. The first kappa shape index (κ1) is 20.4. The van der Waals surface area contributed by atoms with E-state index in [0.29, 0.717) is 28.8 Å². The smallest absolute Gasteiger partial charge is 0.257 e. The molecule has 1 heterocycles. The van der Waals surface area contributed by atoms with Gasteiger partial charge in [-0.05, 0) is 48.5 Å². The SMILES string of the molecule is C=C(CCNC(=O)COc1ccc(Cl)cc1)N1CC(Oc2ccc(Cl)cc2)C1. The largest absolute Gasteiger partial charge is 0.487 e. The summed E-state index contributed by atoms with van der Waals surface area (Å²) in [6, 6.07) is 14.2. The fraction of sp³-hybridized carbons (Fsp3) is 0.286. The fourth-order valence-electron chi connectivity index (χ4n) is 2.71. The summed E-state index contributed by atoms with van der Waals surface area (Å²) in [6.45, 7) is 6.14. The highest BCUT2D eigenvalue weighted by Gasteiger charge is 2.29. The number of ether oxygens (including phenoxy) is 2. The maximum Gasteiger partial charge on any atom is 0.257 e. The van der Waals surface area contributed by atoms with Gasteiger partial charge in [-0.3, -0.25) is 4.79 Å². The van der Waals surface area contributed by atoms with Gasteiger partial charge in [-0.25, -0.2) is 0 Å². The number of likely N-dealkylation sites (tertiary alicyclic amines) is 1. The molecule has 0 bridgehead atoms. The van der Waals surface area contributed by atoms with E-state index in [1.54, 1.807) is 24.3 Å². The van der Waals surface area contributed by atoms with Gasteiger partial charge in [-0.1, -0.05) is 29.8 Å². The van der Waals surface area contributed by atoms with Crippen LogP contribution in [-0.2, 0) is 4.79 Å². The molecular formula is C21H22Cl2N2O3. The van der Waals surface area contributed by atoms with E-state index in [9.17, 15) is 4.79 Å². The maximum absolute atomic E-state index is 11.9. The normalized spacial score (nSPS) is 13.6. The average Bonchev–Trinajstić information content (AvgIpc) is 2.65. The molecule has 1 aliphatic rings. The fourth-order valence-corrected chi connectivity index (χ4v) is 2.96. The molecule has 0 atom stereocenters. The Kier molecular flexibility index (Phi) is 7.06. The lowest BCUT2D eigenvalue weighted by Crippen LogP contribution is -2.53. The van der Waals surface area contributed by atoms with Crippen LogP contribution in [0.5, 0.6) is 11.5 Å². The number of rotatable bonds is 9. The zero-order valence-electron chi connectivity index (χ0n) is 15.4. The monoisotopic (exact) mass is 420 g/mol. The molecule has 0 radical (unpaired) electrons. The predicted molar refractivity (Wildman–Crippen MR) is 111 cm³/mol. The number of nitrogens with one attached hydrogen (secondary N) is 1. The Labute approximate surface area is 174 Å². The second-order valence-corrected chi connectivity index (χ2v) is 7.38. The molecular weight excluding hydrogens is 399 g/mol. The number of nitrogens with zero attached hydrogens (tertiary/aromatic N) is 1. The molecule has 7 heteroatoms. The van der Waals surface area contributed by atoms with Crippen molar-refractivity contribution in [3.8, 4) is 11.5 Å². The standard InChI is InChI=1S/C21H22Cl2N2O3/c1-15(25-12-20(13-25)28-19-8-4-17(23)5-9-19)10-11-24-21(26)14-27-18-6-2-16(22)3-7-18/h2-9,20H,1,10-14H2,(H,24,26). The predicted octanol–water partition coefficient (Wildman–Crippen LogP) is 4.16. The number of carbonyl (C=O) groups is 1. The Hall–Kier alpha value is -2.37. The minimum Gasteiger partial charge on any atom is -0.487 e. The molecule has 0 aliphatic carbocycles. The minimum atomic E-state index is -0.171. The molecule has 1 N–H and O–H groups in total. The van der Waals surface area contributed by atoms with Crippen molar-refractivity contribution in [3.63, 3.8) is 0 Å². The summed E-state index contributed by atoms with van der Waals surface area (Å²) >= 11 is 11.7. The summed E-state index contributed by atoms with van der Waals surface area (Å²) in [5, 5.41) is 4.15. The van der Waals surface area contributed by atoms with Gasteiger partial charge in [0.2, 0.25) is 0 Å². The van der Waals surface area contributed by atoms with Gasteiger partial charge in [0.15, 0.2) is 6.61 Å². The van der Waals surface area contributed by atoms with Crippen LogP contribution in [0.15, 0.2) is 60.8 Å². The molecule has 0 spiro atoms. The minimum absolute atomic E-state index is 0.0329. The van der Waals surface area contributed by atoms with E-state index in [1.165, 1.54) is 0 Å². The Bertz CT molecular complexity index is 803. The first-order valence-corrected chi connectivity index (χ1v) is 9.75. The van der Waals surface area contributed by atoms with E-state index in [-0.39, 0.29) is 18.6 Å². The molecule has 2 aromatic rings. The summed E-state index contributed by atoms with van der Waals surface area (Å²) in [5.41, 5.74) is 0.981. The van der Waals surface area contributed by atoms with Crippen LogP contribution in [0.2, 0.25) is 10.0 Å². The zero-order chi connectivity index (χ0) is 19.9. The summed E-state index contributed by atoms with van der Waals surface area (Å²) in [4.78, 5) is 14.0. The molecule has 0 saturated carbocycles. The first-order valence-electron chi connectivity index (χ1n) is 8.99. The third-order valence-electron chi connectivity index (χ3n) is 4.33. The number of amides is 1. The lowest BCUT2D eigenvalue weighted by atomic mass is 10.1. The van der Waals surface area contributed by atoms with Gasteiger partial charge in [-0.15, -0.1) is 0 Å². The number of halogens is 2. The molecule has 1 aliphatic heterocycles. The molecule has 3 rings (SSSR count). The third kappa shape index (κ3) is 6.08. The van der Waals surface area contributed by atoms with E-state index in [1.807, 2.05) is 24.3 Å². The van der Waals surface area contributed by atoms with Gasteiger partial charge >= 0.3 is 0 Å². The van der Waals surface area contributed by atoms with Crippen molar-refractivity contribution < 1.29 is 14.3 Å². The van der Waals surface area contributed by atoms with Crippen LogP contribution < -0.4 is 14.8 Å². The van der Waals surface area contributed by atoms with Crippen LogP contribution in [0, 0.1) is 0 Å². The highest BCUT2D eigenvalue weighted by Crippen LogP contribution is 2.23. The Balaban J connectivity index is 1.28. The number of carbonyl (C=O) groups excluding carboxylic acids is 1. The number of hydrogen-bond acceptors (Lipinski definition) is 4. The van der Waals surface area contributed by atoms with Crippen molar-refractivity contribution in [1.29, 1.82) is 0 Å². The van der Waals surface area contributed by atoms with Gasteiger partial charge in [0.1, 0.15) is 17.6 Å². The molecule has 1 amide bonds. The maximum atomic E-state index is 11.9. The lowest BCUT2D eigenvalue weighted by Gasteiger charge is -2.41. The highest BCUT2D eigenvalue weighted by molar-refractivity contribution is 6.30. The zero-order valence-corrected chi connectivity index (χ0v) is 16.9. The molecule has 5 nitrogen and oxygen atoms in total. The quantitative estimate of drug-likeness (QED) is 0.661. The van der Waals surface area contributed by atoms with Gasteiger partial charge in [0, 0.05) is 28.7 Å². The van der Waals surface area contributed by atoms with Crippen LogP contribution in [0.3, 0.4) is 0 Å². The van der Waals surface area contributed by atoms with Gasteiger partial charge in [0.25, 0.3) is 5.91 Å². The third-order valence-corrected chi connectivity index (χ3v) is 4.83. The van der Waals surface area contributed by atoms with Crippen LogP contribution in [0.4, 0.5) is 0 Å². The van der Waals surface area contributed by atoms with Crippen LogP contribution in [-0.4, -0.2) is 43.2 Å². The van der Waals surface area contributed by atoms with Gasteiger partial charge < -0.3 is 19.7 Å². The molecule has 0 unspecified atom stereocenters. The lowest BCUT2D eigenvalue weighted by molar-refractivity contribution is -0.123. The van der Waals surface area contributed by atoms with E-state index in [2.05, 4.69) is 16.8 Å². The van der Waals surface area contributed by atoms with E-state index < -0.39 is 0 Å². The van der Waals surface area contributed by atoms with E-state index in [4.69, 9.17) is 32.7 Å². The van der Waals surface area contributed by atoms with Crippen molar-refractivity contribution in [2.24, 2.45) is 0 Å². The first-order chi connectivity index (χ1) is 13.5. The van der Waals surface area contributed by atoms with Gasteiger partial charge in [-0.2, -0.15) is 0 Å². The average molecular weight is 421 g/mol. The van der Waals surface area contributed by atoms with Crippen molar-refractivity contribution in [3.05, 3.63) is 70.9 Å². The van der Waals surface area contributed by atoms with Crippen LogP contribution >= 0.6 is 23.2 Å². The van der Waals surface area contributed by atoms with Crippen LogP contribution in [0.1, 0.15) is 6.42 Å². The topological polar surface area (TPSA) is 50.8 Å². The highest BCUT2D eigenvalue weighted by atomic mass is 35.5. The summed E-state index contributed by atoms with van der Waals surface area (Å²) in [7, 11) is 0. The number of benzene rings is 2. The Morgan fingerprint density at radius 2 is 1.61 bits per heavy atom. The molecule has 28 heavy (non-hydrogen) atoms. The van der Waals surface area contributed by atoms with Crippen molar-refractivity contribution in [1.82, 2.24) is 10.2 Å². The van der Waals surface area contributed by atoms with Crippen molar-refractivity contribution >= 4 is 29.1 Å². The van der Waals surface area contributed by atoms with E-state index in [0.717, 1.165) is 24.5 Å². The Morgan fingerprint density at radius 1 is 1.04 bits per heavy atom. The summed E-state index contributed by atoms with van der Waals surface area (Å²) < 4.78 is 11.3. The van der Waals surface area contributed by atoms with Gasteiger partial charge in [0.05, 0.1) is 13.1 Å². The van der Waals surface area contributed by atoms with Crippen LogP contribution in [0.25, 0.3) is 0 Å². The van der Waals surface area contributed by atoms with Crippen molar-refractivity contribution in [2.45, 2.75) is 12.5 Å². The second-order valence-electron chi connectivity index (χ2n) is 6.51. The molecule has 148 valence electrons. The summed E-state index contributed by atoms with van der Waals surface area (Å²) in [6.07, 6.45) is 0.820. The molecule has 1 saturated heterocycles. The Morgan fingerprint density at radius 3 is 2.21 bits per heavy atom. The summed E-state index contributed by atoms with van der Waals surface area (Å²) in [5.74, 6) is 1.25. The van der Waals surface area contributed by atoms with Crippen molar-refractivity contribution in [2.75, 3.05) is 26.2 Å². The molecule has 2 aromatic carbocycles. The molecule has 0 aromatic heterocycles. The number of hydrogen-bond donors (Lipinski definition) is 1. The van der Waals surface area contributed by atoms with E-state index >= 15 is 0 Å². The molecule has 1 fully saturated rings.